The second-order valence-corrected chi connectivity index (χ2v) is 5.50. The zero-order valence-corrected chi connectivity index (χ0v) is 13.5. The van der Waals surface area contributed by atoms with E-state index in [9.17, 15) is 5.11 Å². The number of aliphatic hydroxyl groups is 1. The van der Waals surface area contributed by atoms with Gasteiger partial charge in [-0.15, -0.1) is 12.4 Å². The first-order chi connectivity index (χ1) is 9.63. The van der Waals surface area contributed by atoms with Crippen LogP contribution in [0, 0.1) is 0 Å². The van der Waals surface area contributed by atoms with E-state index in [2.05, 4.69) is 19.0 Å². The maximum atomic E-state index is 11.2. The summed E-state index contributed by atoms with van der Waals surface area (Å²) in [5, 5.41) is 11.2. The normalized spacial score (nSPS) is 11.2. The summed E-state index contributed by atoms with van der Waals surface area (Å²) in [6.45, 7) is 0.974. The Morgan fingerprint density at radius 2 is 1.29 bits per heavy atom. The molecular weight excluding hydrogens is 282 g/mol. The van der Waals surface area contributed by atoms with E-state index in [4.69, 9.17) is 0 Å². The fourth-order valence-electron chi connectivity index (χ4n) is 2.53. The Morgan fingerprint density at radius 3 is 1.67 bits per heavy atom. The summed E-state index contributed by atoms with van der Waals surface area (Å²) in [7, 11) is 4.12. The van der Waals surface area contributed by atoms with Crippen molar-refractivity contribution in [2.45, 2.75) is 18.4 Å². The van der Waals surface area contributed by atoms with Crippen molar-refractivity contribution in [3.63, 3.8) is 0 Å². The molecule has 2 nitrogen and oxygen atoms in total. The van der Waals surface area contributed by atoms with Crippen LogP contribution in [0.15, 0.2) is 60.7 Å². The number of rotatable bonds is 6. The summed E-state index contributed by atoms with van der Waals surface area (Å²) >= 11 is 0. The fraction of sp³-hybridized carbons (Fsp3) is 0.333. The van der Waals surface area contributed by atoms with Crippen LogP contribution in [0.4, 0.5) is 0 Å². The smallest absolute Gasteiger partial charge is 0.115 e. The average Bonchev–Trinajstić information content (AvgIpc) is 2.48. The van der Waals surface area contributed by atoms with Crippen molar-refractivity contribution in [2.24, 2.45) is 0 Å². The lowest BCUT2D eigenvalue weighted by molar-refractivity contribution is 0.0665. The van der Waals surface area contributed by atoms with Gasteiger partial charge >= 0.3 is 0 Å². The Hall–Kier alpha value is -1.35. The molecular formula is C18H24ClNO. The van der Waals surface area contributed by atoms with Crippen LogP contribution >= 0.6 is 12.4 Å². The molecule has 0 fully saturated rings. The fourth-order valence-corrected chi connectivity index (χ4v) is 2.53. The van der Waals surface area contributed by atoms with Crippen LogP contribution in [0.25, 0.3) is 0 Å². The highest BCUT2D eigenvalue weighted by molar-refractivity contribution is 5.85. The molecule has 2 rings (SSSR count). The molecule has 0 radical (unpaired) electrons. The number of hydrogen-bond donors (Lipinski definition) is 1. The van der Waals surface area contributed by atoms with Crippen LogP contribution in [0.3, 0.4) is 0 Å². The first-order valence-electron chi connectivity index (χ1n) is 7.11. The predicted molar refractivity (Wildman–Crippen MR) is 90.9 cm³/mol. The van der Waals surface area contributed by atoms with Crippen LogP contribution in [-0.2, 0) is 5.60 Å². The van der Waals surface area contributed by atoms with Crippen molar-refractivity contribution >= 4 is 12.4 Å². The number of benzene rings is 2. The molecule has 0 bridgehead atoms. The molecule has 0 aromatic heterocycles. The molecule has 3 heteroatoms. The van der Waals surface area contributed by atoms with E-state index in [0.717, 1.165) is 30.5 Å². The first kappa shape index (κ1) is 17.7. The molecule has 1 N–H and O–H groups in total. The van der Waals surface area contributed by atoms with Gasteiger partial charge in [0.2, 0.25) is 0 Å². The summed E-state index contributed by atoms with van der Waals surface area (Å²) < 4.78 is 0. The minimum atomic E-state index is -0.904. The summed E-state index contributed by atoms with van der Waals surface area (Å²) in [4.78, 5) is 2.15. The van der Waals surface area contributed by atoms with Crippen molar-refractivity contribution in [1.82, 2.24) is 4.90 Å². The number of nitrogens with zero attached hydrogens (tertiary/aromatic N) is 1. The Balaban J connectivity index is 0.00000220. The molecule has 0 aliphatic rings. The van der Waals surface area contributed by atoms with E-state index in [1.54, 1.807) is 0 Å². The van der Waals surface area contributed by atoms with Crippen molar-refractivity contribution < 1.29 is 5.11 Å². The Kier molecular flexibility index (Phi) is 6.90. The molecule has 21 heavy (non-hydrogen) atoms. The van der Waals surface area contributed by atoms with Gasteiger partial charge in [-0.25, -0.2) is 0 Å². The summed E-state index contributed by atoms with van der Waals surface area (Å²) in [6, 6.07) is 19.9. The monoisotopic (exact) mass is 305 g/mol. The minimum Gasteiger partial charge on any atom is -0.380 e. The van der Waals surface area contributed by atoms with Crippen molar-refractivity contribution in [2.75, 3.05) is 20.6 Å². The van der Waals surface area contributed by atoms with E-state index in [1.165, 1.54) is 0 Å². The zero-order chi connectivity index (χ0) is 14.4. The van der Waals surface area contributed by atoms with Gasteiger partial charge in [0.1, 0.15) is 5.60 Å². The highest BCUT2D eigenvalue weighted by Crippen LogP contribution is 2.33. The molecule has 0 unspecified atom stereocenters. The third-order valence-electron chi connectivity index (χ3n) is 3.65. The molecule has 0 spiro atoms. The molecule has 114 valence electrons. The Morgan fingerprint density at radius 1 is 0.857 bits per heavy atom. The van der Waals surface area contributed by atoms with Crippen LogP contribution in [0.1, 0.15) is 24.0 Å². The second-order valence-electron chi connectivity index (χ2n) is 5.50. The maximum Gasteiger partial charge on any atom is 0.115 e. The lowest BCUT2D eigenvalue weighted by Gasteiger charge is -2.30. The third-order valence-corrected chi connectivity index (χ3v) is 3.65. The lowest BCUT2D eigenvalue weighted by Crippen LogP contribution is -2.28. The largest absolute Gasteiger partial charge is 0.380 e. The predicted octanol–water partition coefficient (Wildman–Crippen LogP) is 3.69. The number of halogens is 1. The summed E-state index contributed by atoms with van der Waals surface area (Å²) in [6.07, 6.45) is 1.67. The van der Waals surface area contributed by atoms with Gasteiger partial charge in [0.25, 0.3) is 0 Å². The molecule has 0 saturated carbocycles. The van der Waals surface area contributed by atoms with Gasteiger partial charge in [-0.3, -0.25) is 0 Å². The van der Waals surface area contributed by atoms with Gasteiger partial charge in [0, 0.05) is 0 Å². The van der Waals surface area contributed by atoms with Crippen molar-refractivity contribution in [1.29, 1.82) is 0 Å². The molecule has 2 aromatic carbocycles. The molecule has 0 atom stereocenters. The molecule has 0 saturated heterocycles. The number of hydrogen-bond acceptors (Lipinski definition) is 2. The Labute approximate surface area is 133 Å². The van der Waals surface area contributed by atoms with Gasteiger partial charge in [0.15, 0.2) is 0 Å². The van der Waals surface area contributed by atoms with E-state index in [0.29, 0.717) is 0 Å². The van der Waals surface area contributed by atoms with E-state index >= 15 is 0 Å². The van der Waals surface area contributed by atoms with Gasteiger partial charge in [-0.2, -0.15) is 0 Å². The topological polar surface area (TPSA) is 23.5 Å². The van der Waals surface area contributed by atoms with Gasteiger partial charge in [-0.05, 0) is 44.6 Å². The van der Waals surface area contributed by atoms with Gasteiger partial charge in [0.05, 0.1) is 0 Å². The first-order valence-corrected chi connectivity index (χ1v) is 7.11. The van der Waals surface area contributed by atoms with Crippen molar-refractivity contribution in [3.8, 4) is 0 Å². The van der Waals surface area contributed by atoms with E-state index < -0.39 is 5.60 Å². The Bertz CT molecular complexity index is 474. The standard InChI is InChI=1S/C18H23NO.ClH/c1-19(2)15-9-14-18(20,16-10-5-3-6-11-16)17-12-7-4-8-13-17;/h3-8,10-13,20H,9,14-15H2,1-2H3;1H. The lowest BCUT2D eigenvalue weighted by atomic mass is 9.82. The molecule has 0 aliphatic heterocycles. The molecule has 2 aromatic rings. The van der Waals surface area contributed by atoms with E-state index in [1.807, 2.05) is 60.7 Å². The van der Waals surface area contributed by atoms with Gasteiger partial charge < -0.3 is 10.0 Å². The second kappa shape index (κ2) is 8.18. The van der Waals surface area contributed by atoms with Crippen molar-refractivity contribution in [3.05, 3.63) is 71.8 Å². The quantitative estimate of drug-likeness (QED) is 0.880. The average molecular weight is 306 g/mol. The maximum absolute atomic E-state index is 11.2. The third kappa shape index (κ3) is 4.57. The van der Waals surface area contributed by atoms with Crippen LogP contribution in [0.5, 0.6) is 0 Å². The zero-order valence-electron chi connectivity index (χ0n) is 12.7. The molecule has 0 aliphatic carbocycles. The SMILES string of the molecule is CN(C)CCCC(O)(c1ccccc1)c1ccccc1.Cl. The van der Waals surface area contributed by atoms with Crippen LogP contribution in [-0.4, -0.2) is 30.6 Å². The summed E-state index contributed by atoms with van der Waals surface area (Å²) in [5.74, 6) is 0. The summed E-state index contributed by atoms with van der Waals surface area (Å²) in [5.41, 5.74) is 1.02. The van der Waals surface area contributed by atoms with Crippen LogP contribution in [0.2, 0.25) is 0 Å². The highest BCUT2D eigenvalue weighted by atomic mass is 35.5. The highest BCUT2D eigenvalue weighted by Gasteiger charge is 2.30. The molecule has 0 heterocycles. The van der Waals surface area contributed by atoms with Gasteiger partial charge in [-0.1, -0.05) is 60.7 Å². The van der Waals surface area contributed by atoms with Crippen LogP contribution < -0.4 is 0 Å². The van der Waals surface area contributed by atoms with E-state index in [-0.39, 0.29) is 12.4 Å². The minimum absolute atomic E-state index is 0. The molecule has 0 amide bonds.